The zero-order valence-electron chi connectivity index (χ0n) is 13.8. The normalized spacial score (nSPS) is 19.6. The number of hydrogen-bond donors (Lipinski definition) is 2. The molecule has 0 aliphatic carbocycles. The molecule has 1 rings (SSSR count). The van der Waals surface area contributed by atoms with E-state index < -0.39 is 0 Å². The van der Waals surface area contributed by atoms with Crippen molar-refractivity contribution in [1.29, 1.82) is 0 Å². The average Bonchev–Trinajstić information content (AvgIpc) is 2.36. The first kappa shape index (κ1) is 17.4. The third-order valence-corrected chi connectivity index (χ3v) is 3.91. The number of likely N-dealkylation sites (tertiary alicyclic amines) is 1. The number of rotatable bonds is 7. The number of nitrogens with zero attached hydrogens (tertiary/aromatic N) is 2. The van der Waals surface area contributed by atoms with Crippen LogP contribution in [0.2, 0.25) is 0 Å². The Labute approximate surface area is 124 Å². The molecule has 1 aliphatic rings. The second-order valence-corrected chi connectivity index (χ2v) is 6.60. The Morgan fingerprint density at radius 1 is 1.30 bits per heavy atom. The summed E-state index contributed by atoms with van der Waals surface area (Å²) in [5.41, 5.74) is -0.376. The SMILES string of the molecule is CC(C)NC1(C(=O)NCCCN(C)C)CCN(C)CC1. The van der Waals surface area contributed by atoms with Crippen LogP contribution in [-0.4, -0.2) is 74.6 Å². The fourth-order valence-corrected chi connectivity index (χ4v) is 2.76. The Morgan fingerprint density at radius 2 is 1.90 bits per heavy atom. The third kappa shape index (κ3) is 5.38. The van der Waals surface area contributed by atoms with Crippen LogP contribution in [0.15, 0.2) is 0 Å². The summed E-state index contributed by atoms with van der Waals surface area (Å²) in [6, 6.07) is 0.325. The van der Waals surface area contributed by atoms with Gasteiger partial charge in [-0.15, -0.1) is 0 Å². The summed E-state index contributed by atoms with van der Waals surface area (Å²) in [6.45, 7) is 7.94. The first-order valence-electron chi connectivity index (χ1n) is 7.75. The van der Waals surface area contributed by atoms with Gasteiger partial charge in [0.2, 0.25) is 5.91 Å². The molecular formula is C15H32N4O. The highest BCUT2D eigenvalue weighted by Gasteiger charge is 2.40. The maximum absolute atomic E-state index is 12.6. The van der Waals surface area contributed by atoms with Crippen LogP contribution in [0.4, 0.5) is 0 Å². The lowest BCUT2D eigenvalue weighted by Gasteiger charge is -2.41. The molecule has 0 aromatic heterocycles. The summed E-state index contributed by atoms with van der Waals surface area (Å²) in [5, 5.41) is 6.64. The van der Waals surface area contributed by atoms with E-state index in [1.54, 1.807) is 0 Å². The van der Waals surface area contributed by atoms with E-state index in [1.165, 1.54) is 0 Å². The molecule has 5 nitrogen and oxygen atoms in total. The minimum absolute atomic E-state index is 0.179. The van der Waals surface area contributed by atoms with Crippen LogP contribution in [0.3, 0.4) is 0 Å². The Morgan fingerprint density at radius 3 is 2.40 bits per heavy atom. The molecule has 20 heavy (non-hydrogen) atoms. The van der Waals surface area contributed by atoms with Crippen LogP contribution >= 0.6 is 0 Å². The van der Waals surface area contributed by atoms with Gasteiger partial charge in [0.05, 0.1) is 0 Å². The highest BCUT2D eigenvalue weighted by atomic mass is 16.2. The zero-order chi connectivity index (χ0) is 15.2. The third-order valence-electron chi connectivity index (χ3n) is 3.91. The highest BCUT2D eigenvalue weighted by molar-refractivity contribution is 5.86. The molecule has 5 heteroatoms. The van der Waals surface area contributed by atoms with E-state index in [2.05, 4.69) is 55.4 Å². The Balaban J connectivity index is 2.52. The van der Waals surface area contributed by atoms with Gasteiger partial charge < -0.3 is 20.4 Å². The first-order valence-corrected chi connectivity index (χ1v) is 7.75. The Bertz CT molecular complexity index is 296. The Kier molecular flexibility index (Phi) is 6.92. The van der Waals surface area contributed by atoms with E-state index in [-0.39, 0.29) is 11.4 Å². The number of carbonyl (C=O) groups is 1. The van der Waals surface area contributed by atoms with Crippen molar-refractivity contribution in [2.45, 2.75) is 44.7 Å². The van der Waals surface area contributed by atoms with Crippen molar-refractivity contribution in [2.24, 2.45) is 0 Å². The van der Waals surface area contributed by atoms with E-state index in [0.29, 0.717) is 6.04 Å². The summed E-state index contributed by atoms with van der Waals surface area (Å²) in [4.78, 5) is 17.0. The lowest BCUT2D eigenvalue weighted by atomic mass is 9.85. The molecule has 1 heterocycles. The van der Waals surface area contributed by atoms with Gasteiger partial charge in [0.15, 0.2) is 0 Å². The molecule has 0 bridgehead atoms. The van der Waals surface area contributed by atoms with Crippen LogP contribution in [-0.2, 0) is 4.79 Å². The zero-order valence-corrected chi connectivity index (χ0v) is 13.8. The standard InChI is InChI=1S/C15H32N4O/c1-13(2)17-15(7-11-19(5)12-8-15)14(20)16-9-6-10-18(3)4/h13,17H,6-12H2,1-5H3,(H,16,20). The largest absolute Gasteiger partial charge is 0.354 e. The van der Waals surface area contributed by atoms with E-state index >= 15 is 0 Å². The monoisotopic (exact) mass is 284 g/mol. The smallest absolute Gasteiger partial charge is 0.240 e. The molecule has 1 saturated heterocycles. The minimum atomic E-state index is -0.376. The second-order valence-electron chi connectivity index (χ2n) is 6.60. The molecule has 0 saturated carbocycles. The van der Waals surface area contributed by atoms with Crippen LogP contribution in [0.5, 0.6) is 0 Å². The van der Waals surface area contributed by atoms with Crippen molar-refractivity contribution < 1.29 is 4.79 Å². The topological polar surface area (TPSA) is 47.6 Å². The van der Waals surface area contributed by atoms with Crippen LogP contribution < -0.4 is 10.6 Å². The first-order chi connectivity index (χ1) is 9.35. The molecule has 1 aliphatic heterocycles. The van der Waals surface area contributed by atoms with E-state index in [1.807, 2.05) is 0 Å². The van der Waals surface area contributed by atoms with E-state index in [0.717, 1.165) is 45.4 Å². The number of hydrogen-bond acceptors (Lipinski definition) is 4. The van der Waals surface area contributed by atoms with Crippen molar-refractivity contribution in [3.8, 4) is 0 Å². The molecule has 2 N–H and O–H groups in total. The second kappa shape index (κ2) is 7.96. The van der Waals surface area contributed by atoms with Gasteiger partial charge >= 0.3 is 0 Å². The Hall–Kier alpha value is -0.650. The van der Waals surface area contributed by atoms with E-state index in [4.69, 9.17) is 0 Å². The van der Waals surface area contributed by atoms with Crippen molar-refractivity contribution in [1.82, 2.24) is 20.4 Å². The fraction of sp³-hybridized carbons (Fsp3) is 0.933. The lowest BCUT2D eigenvalue weighted by molar-refractivity contribution is -0.130. The predicted molar refractivity (Wildman–Crippen MR) is 83.9 cm³/mol. The predicted octanol–water partition coefficient (Wildman–Crippen LogP) is 0.517. The molecule has 1 amide bonds. The molecule has 0 radical (unpaired) electrons. The van der Waals surface area contributed by atoms with Crippen molar-refractivity contribution in [2.75, 3.05) is 47.3 Å². The summed E-state index contributed by atoms with van der Waals surface area (Å²) in [5.74, 6) is 0.179. The maximum atomic E-state index is 12.6. The molecule has 0 unspecified atom stereocenters. The fourth-order valence-electron chi connectivity index (χ4n) is 2.76. The quantitative estimate of drug-likeness (QED) is 0.669. The lowest BCUT2D eigenvalue weighted by Crippen LogP contribution is -2.63. The van der Waals surface area contributed by atoms with Crippen LogP contribution in [0, 0.1) is 0 Å². The molecule has 1 fully saturated rings. The summed E-state index contributed by atoms with van der Waals surface area (Å²) in [7, 11) is 6.23. The van der Waals surface area contributed by atoms with Gasteiger partial charge in [0, 0.05) is 25.7 Å². The maximum Gasteiger partial charge on any atom is 0.240 e. The highest BCUT2D eigenvalue weighted by Crippen LogP contribution is 2.22. The number of carbonyl (C=O) groups excluding carboxylic acids is 1. The number of amides is 1. The van der Waals surface area contributed by atoms with Gasteiger partial charge in [-0.25, -0.2) is 0 Å². The van der Waals surface area contributed by atoms with Gasteiger partial charge in [0.1, 0.15) is 5.54 Å². The number of piperidine rings is 1. The molecular weight excluding hydrogens is 252 g/mol. The molecule has 0 aromatic carbocycles. The van der Waals surface area contributed by atoms with Gasteiger partial charge in [-0.3, -0.25) is 4.79 Å². The summed E-state index contributed by atoms with van der Waals surface area (Å²) >= 11 is 0. The molecule has 0 atom stereocenters. The van der Waals surface area contributed by atoms with Gasteiger partial charge in [-0.05, 0) is 60.8 Å². The summed E-state index contributed by atoms with van der Waals surface area (Å²) < 4.78 is 0. The van der Waals surface area contributed by atoms with Crippen LogP contribution in [0.25, 0.3) is 0 Å². The summed E-state index contributed by atoms with van der Waals surface area (Å²) in [6.07, 6.45) is 2.78. The molecule has 118 valence electrons. The molecule has 0 spiro atoms. The van der Waals surface area contributed by atoms with Crippen molar-refractivity contribution in [3.63, 3.8) is 0 Å². The minimum Gasteiger partial charge on any atom is -0.354 e. The number of nitrogens with one attached hydrogen (secondary N) is 2. The van der Waals surface area contributed by atoms with Gasteiger partial charge in [0.25, 0.3) is 0 Å². The van der Waals surface area contributed by atoms with Gasteiger partial charge in [-0.2, -0.15) is 0 Å². The van der Waals surface area contributed by atoms with Crippen molar-refractivity contribution in [3.05, 3.63) is 0 Å². The van der Waals surface area contributed by atoms with Gasteiger partial charge in [-0.1, -0.05) is 0 Å². The van der Waals surface area contributed by atoms with E-state index in [9.17, 15) is 4.79 Å². The average molecular weight is 284 g/mol. The van der Waals surface area contributed by atoms with Crippen LogP contribution in [0.1, 0.15) is 33.1 Å². The van der Waals surface area contributed by atoms with Crippen molar-refractivity contribution >= 4 is 5.91 Å². The molecule has 0 aromatic rings.